The number of carbonyl (C=O) groups is 1. The quantitative estimate of drug-likeness (QED) is 0.876. The van der Waals surface area contributed by atoms with E-state index in [9.17, 15) is 9.59 Å². The van der Waals surface area contributed by atoms with Crippen molar-refractivity contribution >= 4 is 11.6 Å². The molecule has 20 heavy (non-hydrogen) atoms. The molecule has 1 aliphatic carbocycles. The van der Waals surface area contributed by atoms with Crippen molar-refractivity contribution in [3.8, 4) is 0 Å². The van der Waals surface area contributed by atoms with E-state index in [0.29, 0.717) is 11.6 Å². The first-order chi connectivity index (χ1) is 9.56. The number of nitrogen functional groups attached to an aromatic ring is 1. The van der Waals surface area contributed by atoms with Crippen LogP contribution in [-0.2, 0) is 11.3 Å². The molecular weight excluding hydrogens is 254 g/mol. The minimum absolute atomic E-state index is 0.0287. The second-order valence-corrected chi connectivity index (χ2v) is 5.68. The van der Waals surface area contributed by atoms with Gasteiger partial charge in [-0.25, -0.2) is 0 Å². The summed E-state index contributed by atoms with van der Waals surface area (Å²) in [5.41, 5.74) is 5.91. The van der Waals surface area contributed by atoms with Crippen molar-refractivity contribution in [2.45, 2.75) is 51.6 Å². The highest BCUT2D eigenvalue weighted by atomic mass is 16.2. The lowest BCUT2D eigenvalue weighted by molar-refractivity contribution is -0.122. The summed E-state index contributed by atoms with van der Waals surface area (Å²) in [5.74, 6) is 0.432. The third kappa shape index (κ3) is 3.85. The van der Waals surface area contributed by atoms with Crippen molar-refractivity contribution in [3.05, 3.63) is 28.7 Å². The average Bonchev–Trinajstić information content (AvgIpc) is 2.43. The molecule has 1 aliphatic rings. The SMILES string of the molecule is CC(NC(=O)Cn1cc(N)ccc1=O)C1CCCCC1. The molecular formula is C15H23N3O2. The molecule has 1 atom stereocenters. The molecule has 1 heterocycles. The molecule has 0 spiro atoms. The van der Waals surface area contributed by atoms with E-state index >= 15 is 0 Å². The second-order valence-electron chi connectivity index (χ2n) is 5.68. The number of carbonyl (C=O) groups excluding carboxylic acids is 1. The monoisotopic (exact) mass is 277 g/mol. The number of amides is 1. The van der Waals surface area contributed by atoms with Gasteiger partial charge in [0.1, 0.15) is 6.54 Å². The molecule has 5 nitrogen and oxygen atoms in total. The number of aromatic nitrogens is 1. The van der Waals surface area contributed by atoms with Crippen LogP contribution in [0.2, 0.25) is 0 Å². The van der Waals surface area contributed by atoms with Gasteiger partial charge in [0.25, 0.3) is 5.56 Å². The summed E-state index contributed by atoms with van der Waals surface area (Å²) in [6, 6.07) is 3.09. The fourth-order valence-corrected chi connectivity index (χ4v) is 2.88. The number of nitrogens with zero attached hydrogens (tertiary/aromatic N) is 1. The van der Waals surface area contributed by atoms with Gasteiger partial charge in [0.15, 0.2) is 0 Å². The topological polar surface area (TPSA) is 77.1 Å². The van der Waals surface area contributed by atoms with Gasteiger partial charge in [-0.3, -0.25) is 9.59 Å². The molecule has 1 fully saturated rings. The minimum atomic E-state index is -0.209. The lowest BCUT2D eigenvalue weighted by atomic mass is 9.84. The van der Waals surface area contributed by atoms with Gasteiger partial charge in [-0.05, 0) is 31.7 Å². The van der Waals surface area contributed by atoms with Crippen LogP contribution in [0, 0.1) is 5.92 Å². The lowest BCUT2D eigenvalue weighted by Crippen LogP contribution is -2.41. The van der Waals surface area contributed by atoms with E-state index in [2.05, 4.69) is 12.2 Å². The minimum Gasteiger partial charge on any atom is -0.398 e. The Hall–Kier alpha value is -1.78. The van der Waals surface area contributed by atoms with Crippen molar-refractivity contribution in [2.24, 2.45) is 5.92 Å². The van der Waals surface area contributed by atoms with Gasteiger partial charge in [0.2, 0.25) is 5.91 Å². The first-order valence-electron chi connectivity index (χ1n) is 7.31. The summed E-state index contributed by atoms with van der Waals surface area (Å²) in [5, 5.41) is 3.01. The van der Waals surface area contributed by atoms with Crippen LogP contribution in [0.4, 0.5) is 5.69 Å². The van der Waals surface area contributed by atoms with E-state index in [1.165, 1.54) is 48.9 Å². The van der Waals surface area contributed by atoms with Crippen LogP contribution >= 0.6 is 0 Å². The first-order valence-corrected chi connectivity index (χ1v) is 7.31. The second kappa shape index (κ2) is 6.59. The Morgan fingerprint density at radius 1 is 1.40 bits per heavy atom. The molecule has 1 aromatic heterocycles. The van der Waals surface area contributed by atoms with Crippen LogP contribution in [0.15, 0.2) is 23.1 Å². The van der Waals surface area contributed by atoms with E-state index in [1.807, 2.05) is 0 Å². The summed E-state index contributed by atoms with van der Waals surface area (Å²) in [6.07, 6.45) is 7.67. The van der Waals surface area contributed by atoms with Gasteiger partial charge in [0, 0.05) is 24.0 Å². The Morgan fingerprint density at radius 3 is 2.80 bits per heavy atom. The summed E-state index contributed by atoms with van der Waals surface area (Å²) in [7, 11) is 0. The van der Waals surface area contributed by atoms with Crippen molar-refractivity contribution < 1.29 is 4.79 Å². The van der Waals surface area contributed by atoms with E-state index in [-0.39, 0.29) is 24.1 Å². The molecule has 0 aliphatic heterocycles. The Morgan fingerprint density at radius 2 is 2.10 bits per heavy atom. The van der Waals surface area contributed by atoms with Crippen molar-refractivity contribution in [3.63, 3.8) is 0 Å². The fourth-order valence-electron chi connectivity index (χ4n) is 2.88. The highest BCUT2D eigenvalue weighted by Crippen LogP contribution is 2.26. The number of nitrogens with one attached hydrogen (secondary N) is 1. The van der Waals surface area contributed by atoms with Crippen LogP contribution in [0.1, 0.15) is 39.0 Å². The zero-order chi connectivity index (χ0) is 14.5. The third-order valence-corrected chi connectivity index (χ3v) is 4.07. The Kier molecular flexibility index (Phi) is 4.82. The van der Waals surface area contributed by atoms with E-state index < -0.39 is 0 Å². The van der Waals surface area contributed by atoms with E-state index in [0.717, 1.165) is 0 Å². The van der Waals surface area contributed by atoms with Crippen LogP contribution in [0.3, 0.4) is 0 Å². The summed E-state index contributed by atoms with van der Waals surface area (Å²) in [4.78, 5) is 23.6. The third-order valence-electron chi connectivity index (χ3n) is 4.07. The smallest absolute Gasteiger partial charge is 0.251 e. The van der Waals surface area contributed by atoms with Crippen LogP contribution in [-0.4, -0.2) is 16.5 Å². The van der Waals surface area contributed by atoms with Crippen molar-refractivity contribution in [1.29, 1.82) is 0 Å². The van der Waals surface area contributed by atoms with Gasteiger partial charge >= 0.3 is 0 Å². The molecule has 0 radical (unpaired) electrons. The summed E-state index contributed by atoms with van der Waals surface area (Å²) in [6.45, 7) is 2.08. The molecule has 1 saturated carbocycles. The largest absolute Gasteiger partial charge is 0.398 e. The number of pyridine rings is 1. The fraction of sp³-hybridized carbons (Fsp3) is 0.600. The highest BCUT2D eigenvalue weighted by molar-refractivity contribution is 5.76. The zero-order valence-electron chi connectivity index (χ0n) is 12.0. The lowest BCUT2D eigenvalue weighted by Gasteiger charge is -2.28. The van der Waals surface area contributed by atoms with Crippen LogP contribution < -0.4 is 16.6 Å². The molecule has 1 amide bonds. The standard InChI is InChI=1S/C15H23N3O2/c1-11(12-5-3-2-4-6-12)17-14(19)10-18-9-13(16)7-8-15(18)20/h7-9,11-12H,2-6,10,16H2,1H3,(H,17,19). The van der Waals surface area contributed by atoms with Gasteiger partial charge in [-0.1, -0.05) is 19.3 Å². The maximum atomic E-state index is 12.0. The molecule has 3 N–H and O–H groups in total. The molecule has 1 aromatic rings. The number of hydrogen-bond donors (Lipinski definition) is 2. The predicted molar refractivity (Wildman–Crippen MR) is 79.3 cm³/mol. The summed E-state index contributed by atoms with van der Waals surface area (Å²) >= 11 is 0. The zero-order valence-corrected chi connectivity index (χ0v) is 12.0. The number of hydrogen-bond acceptors (Lipinski definition) is 3. The maximum Gasteiger partial charge on any atom is 0.251 e. The van der Waals surface area contributed by atoms with Crippen LogP contribution in [0.5, 0.6) is 0 Å². The van der Waals surface area contributed by atoms with Crippen molar-refractivity contribution in [2.75, 3.05) is 5.73 Å². The summed E-state index contributed by atoms with van der Waals surface area (Å²) < 4.78 is 1.35. The number of rotatable bonds is 4. The van der Waals surface area contributed by atoms with Gasteiger partial charge < -0.3 is 15.6 Å². The number of nitrogens with two attached hydrogens (primary N) is 1. The van der Waals surface area contributed by atoms with Gasteiger partial charge in [-0.2, -0.15) is 0 Å². The molecule has 0 aromatic carbocycles. The molecule has 110 valence electrons. The highest BCUT2D eigenvalue weighted by Gasteiger charge is 2.21. The Balaban J connectivity index is 1.91. The van der Waals surface area contributed by atoms with Gasteiger partial charge in [-0.15, -0.1) is 0 Å². The van der Waals surface area contributed by atoms with E-state index in [1.54, 1.807) is 6.07 Å². The van der Waals surface area contributed by atoms with E-state index in [4.69, 9.17) is 5.73 Å². The van der Waals surface area contributed by atoms with Gasteiger partial charge in [0.05, 0.1) is 0 Å². The average molecular weight is 277 g/mol. The predicted octanol–water partition coefficient (Wildman–Crippen LogP) is 1.52. The molecule has 0 bridgehead atoms. The molecule has 2 rings (SSSR count). The molecule has 0 saturated heterocycles. The molecule has 1 unspecified atom stereocenters. The Labute approximate surface area is 119 Å². The number of anilines is 1. The Bertz CT molecular complexity index is 518. The normalized spacial score (nSPS) is 17.6. The van der Waals surface area contributed by atoms with Crippen LogP contribution in [0.25, 0.3) is 0 Å². The maximum absolute atomic E-state index is 12.0. The van der Waals surface area contributed by atoms with Crippen molar-refractivity contribution in [1.82, 2.24) is 9.88 Å². The molecule has 5 heteroatoms. The first kappa shape index (κ1) is 14.6.